The van der Waals surface area contributed by atoms with Gasteiger partial charge in [0, 0.05) is 17.4 Å². The maximum atomic E-state index is 12.7. The molecule has 0 atom stereocenters. The summed E-state index contributed by atoms with van der Waals surface area (Å²) in [6.45, 7) is 2.44. The Kier molecular flexibility index (Phi) is 6.95. The van der Waals surface area contributed by atoms with Crippen molar-refractivity contribution in [1.29, 1.82) is 0 Å². The number of nitrogens with zero attached hydrogens (tertiary/aromatic N) is 2. The van der Waals surface area contributed by atoms with Gasteiger partial charge in [0.25, 0.3) is 5.91 Å². The second-order valence-electron chi connectivity index (χ2n) is 6.35. The molecule has 1 amide bonds. The molecule has 0 saturated heterocycles. The van der Waals surface area contributed by atoms with Crippen LogP contribution in [0.25, 0.3) is 0 Å². The quantitative estimate of drug-likeness (QED) is 0.493. The Balaban J connectivity index is 1.81. The van der Waals surface area contributed by atoms with E-state index in [1.54, 1.807) is 37.6 Å². The summed E-state index contributed by atoms with van der Waals surface area (Å²) in [6.07, 6.45) is 2.64. The summed E-state index contributed by atoms with van der Waals surface area (Å²) < 4.78 is 5.20. The summed E-state index contributed by atoms with van der Waals surface area (Å²) in [5, 5.41) is 6.07. The third-order valence-electron chi connectivity index (χ3n) is 4.29. The van der Waals surface area contributed by atoms with E-state index in [4.69, 9.17) is 4.74 Å². The molecule has 29 heavy (non-hydrogen) atoms. The van der Waals surface area contributed by atoms with Crippen molar-refractivity contribution in [1.82, 2.24) is 10.3 Å². The summed E-state index contributed by atoms with van der Waals surface area (Å²) >= 11 is 0. The highest BCUT2D eigenvalue weighted by Crippen LogP contribution is 2.13. The van der Waals surface area contributed by atoms with Crippen molar-refractivity contribution in [3.05, 3.63) is 89.7 Å². The average Bonchev–Trinajstić information content (AvgIpc) is 2.78. The van der Waals surface area contributed by atoms with Crippen LogP contribution in [0.1, 0.15) is 28.5 Å². The predicted molar refractivity (Wildman–Crippen MR) is 115 cm³/mol. The van der Waals surface area contributed by atoms with Crippen LogP contribution < -0.4 is 15.4 Å². The molecular weight excluding hydrogens is 364 g/mol. The lowest BCUT2D eigenvalue weighted by atomic mass is 10.1. The maximum Gasteiger partial charge on any atom is 0.258 e. The molecule has 0 fully saturated rings. The van der Waals surface area contributed by atoms with Crippen LogP contribution in [0.15, 0.2) is 77.9 Å². The van der Waals surface area contributed by atoms with E-state index in [1.165, 1.54) is 5.56 Å². The largest absolute Gasteiger partial charge is 0.497 e. The molecule has 0 bridgehead atoms. The zero-order chi connectivity index (χ0) is 20.5. The molecule has 2 aromatic carbocycles. The minimum atomic E-state index is -0.275. The highest BCUT2D eigenvalue weighted by molar-refractivity contribution is 6.10. The molecule has 1 aromatic heterocycles. The lowest BCUT2D eigenvalue weighted by Gasteiger charge is -2.13. The highest BCUT2D eigenvalue weighted by atomic mass is 16.5. The number of methoxy groups -OCH3 is 1. The fourth-order valence-corrected chi connectivity index (χ4v) is 2.71. The number of aromatic nitrogens is 1. The van der Waals surface area contributed by atoms with Gasteiger partial charge in [-0.2, -0.15) is 0 Å². The van der Waals surface area contributed by atoms with E-state index in [0.29, 0.717) is 23.8 Å². The number of anilines is 1. The summed E-state index contributed by atoms with van der Waals surface area (Å²) in [7, 11) is 1.57. The molecule has 0 radical (unpaired) electrons. The third kappa shape index (κ3) is 5.90. The first-order valence-corrected chi connectivity index (χ1v) is 9.43. The van der Waals surface area contributed by atoms with Crippen LogP contribution in [0.3, 0.4) is 0 Å². The minimum absolute atomic E-state index is 0.275. The number of guanidine groups is 1. The Bertz CT molecular complexity index is 987. The second-order valence-corrected chi connectivity index (χ2v) is 6.35. The van der Waals surface area contributed by atoms with Crippen LogP contribution in [0, 0.1) is 0 Å². The number of pyridine rings is 1. The summed E-state index contributed by atoms with van der Waals surface area (Å²) in [4.78, 5) is 21.6. The smallest absolute Gasteiger partial charge is 0.258 e. The molecule has 1 heterocycles. The Hall–Kier alpha value is -3.67. The SMILES string of the molecule is CCc1cccc(NC(=NCc2ccccn2)NC(=O)c2cccc(OC)c2)c1. The number of hydrogen-bond donors (Lipinski definition) is 2. The molecule has 6 nitrogen and oxygen atoms in total. The summed E-state index contributed by atoms with van der Waals surface area (Å²) in [5.41, 5.74) is 3.34. The molecule has 3 rings (SSSR count). The molecule has 148 valence electrons. The van der Waals surface area contributed by atoms with Gasteiger partial charge in [0.15, 0.2) is 0 Å². The van der Waals surface area contributed by atoms with Gasteiger partial charge in [0.05, 0.1) is 19.3 Å². The molecule has 0 saturated carbocycles. The van der Waals surface area contributed by atoms with Crippen molar-refractivity contribution in [2.24, 2.45) is 4.99 Å². The van der Waals surface area contributed by atoms with Crippen molar-refractivity contribution < 1.29 is 9.53 Å². The van der Waals surface area contributed by atoms with E-state index in [0.717, 1.165) is 17.8 Å². The number of rotatable bonds is 6. The summed E-state index contributed by atoms with van der Waals surface area (Å²) in [5.74, 6) is 0.702. The average molecular weight is 388 g/mol. The molecule has 0 unspecified atom stereocenters. The fraction of sp³-hybridized carbons (Fsp3) is 0.174. The second kappa shape index (κ2) is 10.0. The number of nitrogens with one attached hydrogen (secondary N) is 2. The van der Waals surface area contributed by atoms with E-state index < -0.39 is 0 Å². The monoisotopic (exact) mass is 388 g/mol. The van der Waals surface area contributed by atoms with Gasteiger partial charge in [-0.15, -0.1) is 0 Å². The first-order chi connectivity index (χ1) is 14.2. The zero-order valence-corrected chi connectivity index (χ0v) is 16.6. The van der Waals surface area contributed by atoms with E-state index >= 15 is 0 Å². The highest BCUT2D eigenvalue weighted by Gasteiger charge is 2.11. The van der Waals surface area contributed by atoms with Gasteiger partial charge in [-0.1, -0.05) is 31.2 Å². The number of benzene rings is 2. The van der Waals surface area contributed by atoms with Crippen molar-refractivity contribution in [3.63, 3.8) is 0 Å². The molecule has 0 aliphatic heterocycles. The zero-order valence-electron chi connectivity index (χ0n) is 16.6. The lowest BCUT2D eigenvalue weighted by molar-refractivity contribution is 0.0976. The Morgan fingerprint density at radius 3 is 2.69 bits per heavy atom. The molecule has 3 aromatic rings. The van der Waals surface area contributed by atoms with E-state index in [-0.39, 0.29) is 5.91 Å². The lowest BCUT2D eigenvalue weighted by Crippen LogP contribution is -2.36. The van der Waals surface area contributed by atoms with Crippen LogP contribution in [-0.4, -0.2) is 24.0 Å². The molecule has 0 aliphatic carbocycles. The van der Waals surface area contributed by atoms with Gasteiger partial charge >= 0.3 is 0 Å². The van der Waals surface area contributed by atoms with Gasteiger partial charge in [0.1, 0.15) is 5.75 Å². The first kappa shape index (κ1) is 20.1. The van der Waals surface area contributed by atoms with Crippen molar-refractivity contribution in [3.8, 4) is 5.75 Å². The minimum Gasteiger partial charge on any atom is -0.497 e. The molecule has 0 spiro atoms. The van der Waals surface area contributed by atoms with Gasteiger partial charge in [-0.25, -0.2) is 4.99 Å². The standard InChI is InChI=1S/C23H24N4O2/c1-3-17-8-6-11-19(14-17)26-23(25-16-20-10-4-5-13-24-20)27-22(28)18-9-7-12-21(15-18)29-2/h4-15H,3,16H2,1-2H3,(H2,25,26,27,28). The van der Waals surface area contributed by atoms with Crippen molar-refractivity contribution >= 4 is 17.6 Å². The van der Waals surface area contributed by atoms with E-state index in [1.807, 2.05) is 36.4 Å². The van der Waals surface area contributed by atoms with Gasteiger partial charge < -0.3 is 10.1 Å². The fourth-order valence-electron chi connectivity index (χ4n) is 2.71. The van der Waals surface area contributed by atoms with E-state index in [2.05, 4.69) is 33.6 Å². The number of hydrogen-bond acceptors (Lipinski definition) is 4. The third-order valence-corrected chi connectivity index (χ3v) is 4.29. The van der Waals surface area contributed by atoms with Gasteiger partial charge in [0.2, 0.25) is 5.96 Å². The maximum absolute atomic E-state index is 12.7. The van der Waals surface area contributed by atoms with Gasteiger partial charge in [-0.3, -0.25) is 15.1 Å². The number of carbonyl (C=O) groups excluding carboxylic acids is 1. The van der Waals surface area contributed by atoms with Crippen LogP contribution in [0.5, 0.6) is 5.75 Å². The first-order valence-electron chi connectivity index (χ1n) is 9.43. The number of aliphatic imine (C=N–C) groups is 1. The topological polar surface area (TPSA) is 75.6 Å². The number of ether oxygens (including phenoxy) is 1. The Labute approximate surface area is 170 Å². The summed E-state index contributed by atoms with van der Waals surface area (Å²) in [6, 6.07) is 20.6. The molecule has 0 aliphatic rings. The van der Waals surface area contributed by atoms with Crippen molar-refractivity contribution in [2.45, 2.75) is 19.9 Å². The van der Waals surface area contributed by atoms with Crippen molar-refractivity contribution in [2.75, 3.05) is 12.4 Å². The van der Waals surface area contributed by atoms with Crippen LogP contribution in [0.2, 0.25) is 0 Å². The molecule has 6 heteroatoms. The number of aryl methyl sites for hydroxylation is 1. The normalized spacial score (nSPS) is 11.0. The van der Waals surface area contributed by atoms with Gasteiger partial charge in [-0.05, 0) is 54.4 Å². The van der Waals surface area contributed by atoms with Crippen LogP contribution >= 0.6 is 0 Å². The predicted octanol–water partition coefficient (Wildman–Crippen LogP) is 4.05. The van der Waals surface area contributed by atoms with Crippen LogP contribution in [-0.2, 0) is 13.0 Å². The van der Waals surface area contributed by atoms with E-state index in [9.17, 15) is 4.79 Å². The number of amides is 1. The number of carbonyl (C=O) groups is 1. The molecule has 2 N–H and O–H groups in total. The Morgan fingerprint density at radius 1 is 1.07 bits per heavy atom. The molecular formula is C23H24N4O2. The van der Waals surface area contributed by atoms with Crippen LogP contribution in [0.4, 0.5) is 5.69 Å². The Morgan fingerprint density at radius 2 is 1.93 bits per heavy atom.